The molecule has 0 unspecified atom stereocenters. The number of thiazole rings is 1. The molecule has 1 aliphatic rings. The average molecular weight is 610 g/mol. The fourth-order valence-electron chi connectivity index (χ4n) is 4.83. The Morgan fingerprint density at radius 2 is 1.98 bits per heavy atom. The lowest BCUT2D eigenvalue weighted by Crippen LogP contribution is -2.45. The molecule has 210 valence electrons. The summed E-state index contributed by atoms with van der Waals surface area (Å²) in [6, 6.07) is 14.7. The molecule has 1 aliphatic heterocycles. The zero-order chi connectivity index (χ0) is 28.6. The molecule has 5 aromatic rings. The third kappa shape index (κ3) is 5.61. The topological polar surface area (TPSA) is 145 Å². The van der Waals surface area contributed by atoms with E-state index in [4.69, 9.17) is 32.0 Å². The van der Waals surface area contributed by atoms with Gasteiger partial charge < -0.3 is 15.8 Å². The Hall–Kier alpha value is -4.04. The van der Waals surface area contributed by atoms with E-state index in [-0.39, 0.29) is 17.5 Å². The molecule has 14 heteroatoms. The summed E-state index contributed by atoms with van der Waals surface area (Å²) in [5, 5.41) is 5.74. The lowest BCUT2D eigenvalue weighted by Gasteiger charge is -2.32. The van der Waals surface area contributed by atoms with Crippen molar-refractivity contribution >= 4 is 50.0 Å². The quantitative estimate of drug-likeness (QED) is 0.265. The second-order valence-corrected chi connectivity index (χ2v) is 12.6. The Balaban J connectivity index is 1.28. The first-order chi connectivity index (χ1) is 19.8. The summed E-state index contributed by atoms with van der Waals surface area (Å²) < 4.78 is 35.0. The minimum absolute atomic E-state index is 0.185. The normalized spacial score (nSPS) is 16.1. The zero-order valence-corrected chi connectivity index (χ0v) is 23.9. The second kappa shape index (κ2) is 11.1. The molecule has 1 saturated heterocycles. The maximum atomic E-state index is 13.2. The molecule has 1 atom stereocenters. The monoisotopic (exact) mass is 609 g/mol. The number of hydrogen-bond acceptors (Lipinski definition) is 9. The van der Waals surface area contributed by atoms with Gasteiger partial charge in [-0.15, -0.1) is 11.3 Å². The van der Waals surface area contributed by atoms with Crippen LogP contribution in [0.2, 0.25) is 5.02 Å². The largest absolute Gasteiger partial charge is 0.410 e. The van der Waals surface area contributed by atoms with E-state index in [0.29, 0.717) is 41.1 Å². The van der Waals surface area contributed by atoms with Crippen molar-refractivity contribution in [2.24, 2.45) is 5.73 Å². The first-order valence-corrected chi connectivity index (χ1v) is 15.4. The van der Waals surface area contributed by atoms with Gasteiger partial charge in [-0.25, -0.2) is 28.2 Å². The van der Waals surface area contributed by atoms with Crippen molar-refractivity contribution < 1.29 is 17.9 Å². The van der Waals surface area contributed by atoms with E-state index in [0.717, 1.165) is 22.6 Å². The van der Waals surface area contributed by atoms with Gasteiger partial charge in [0.1, 0.15) is 11.4 Å². The molecule has 0 spiro atoms. The fraction of sp³-hybridized carbons (Fsp3) is 0.185. The van der Waals surface area contributed by atoms with Crippen LogP contribution in [0.4, 0.5) is 10.7 Å². The Bertz CT molecular complexity index is 1840. The Kier molecular flexibility index (Phi) is 7.34. The highest BCUT2D eigenvalue weighted by Crippen LogP contribution is 2.35. The molecule has 0 bridgehead atoms. The summed E-state index contributed by atoms with van der Waals surface area (Å²) in [5.74, 6) is 0.679. The van der Waals surface area contributed by atoms with Gasteiger partial charge in [-0.05, 0) is 55.3 Å². The summed E-state index contributed by atoms with van der Waals surface area (Å²) in [6.07, 6.45) is 4.11. The molecule has 0 radical (unpaired) electrons. The van der Waals surface area contributed by atoms with Crippen LogP contribution in [-0.4, -0.2) is 57.3 Å². The first-order valence-electron chi connectivity index (χ1n) is 12.7. The molecule has 2 aromatic carbocycles. The number of aromatic nitrogens is 4. The number of ether oxygens (including phenoxy) is 1. The molecule has 1 fully saturated rings. The van der Waals surface area contributed by atoms with Gasteiger partial charge in [0, 0.05) is 47.5 Å². The minimum atomic E-state index is -3.67. The number of nitrogens with two attached hydrogens (primary N) is 1. The number of benzene rings is 2. The van der Waals surface area contributed by atoms with Gasteiger partial charge in [0.25, 0.3) is 0 Å². The highest BCUT2D eigenvalue weighted by atomic mass is 35.5. The number of halogens is 1. The van der Waals surface area contributed by atoms with E-state index < -0.39 is 16.1 Å². The number of nitrogens with zero attached hydrogens (tertiary/aromatic N) is 5. The van der Waals surface area contributed by atoms with Crippen molar-refractivity contribution in [3.63, 3.8) is 0 Å². The van der Waals surface area contributed by atoms with Crippen molar-refractivity contribution in [3.8, 4) is 28.4 Å². The van der Waals surface area contributed by atoms with Crippen LogP contribution in [0.25, 0.3) is 27.6 Å². The summed E-state index contributed by atoms with van der Waals surface area (Å²) in [7, 11) is -3.67. The lowest BCUT2D eigenvalue weighted by molar-refractivity contribution is 0.211. The predicted molar refractivity (Wildman–Crippen MR) is 157 cm³/mol. The number of fused-ring (bicyclic) bond motifs is 1. The summed E-state index contributed by atoms with van der Waals surface area (Å²) in [4.78, 5) is 26.3. The SMILES string of the molecule is NC(=O)Oc1cccc(-c2nc3sccn3c2-c2ccnc(N[C@@H]3CCCN(S(=O)(=O)c4ccc(Cl)cc4)C3)n2)c1. The van der Waals surface area contributed by atoms with E-state index in [1.807, 2.05) is 22.0 Å². The number of rotatable bonds is 7. The van der Waals surface area contributed by atoms with Crippen molar-refractivity contribution in [1.82, 2.24) is 23.7 Å². The number of carbonyl (C=O) groups is 1. The van der Waals surface area contributed by atoms with Crippen LogP contribution < -0.4 is 15.8 Å². The van der Waals surface area contributed by atoms with E-state index >= 15 is 0 Å². The molecular weight excluding hydrogens is 586 g/mol. The average Bonchev–Trinajstić information content (AvgIpc) is 3.55. The summed E-state index contributed by atoms with van der Waals surface area (Å²) >= 11 is 7.42. The summed E-state index contributed by atoms with van der Waals surface area (Å²) in [5.41, 5.74) is 7.91. The number of piperidine rings is 1. The number of sulfonamides is 1. The highest BCUT2D eigenvalue weighted by Gasteiger charge is 2.31. The highest BCUT2D eigenvalue weighted by molar-refractivity contribution is 7.89. The summed E-state index contributed by atoms with van der Waals surface area (Å²) in [6.45, 7) is 0.704. The molecular formula is C27H24ClN7O4S2. The van der Waals surface area contributed by atoms with Crippen molar-refractivity contribution in [3.05, 3.63) is 77.4 Å². The van der Waals surface area contributed by atoms with Crippen LogP contribution in [-0.2, 0) is 10.0 Å². The zero-order valence-electron chi connectivity index (χ0n) is 21.5. The number of primary amides is 1. The number of carbonyl (C=O) groups excluding carboxylic acids is 1. The van der Waals surface area contributed by atoms with Crippen LogP contribution in [0.1, 0.15) is 12.8 Å². The first kappa shape index (κ1) is 27.1. The number of amides is 1. The Labute approximate surface area is 244 Å². The number of imidazole rings is 1. The Morgan fingerprint density at radius 1 is 1.15 bits per heavy atom. The molecule has 41 heavy (non-hydrogen) atoms. The second-order valence-electron chi connectivity index (χ2n) is 9.38. The molecule has 11 nitrogen and oxygen atoms in total. The molecule has 0 aliphatic carbocycles. The molecule has 0 saturated carbocycles. The van der Waals surface area contributed by atoms with Crippen molar-refractivity contribution in [1.29, 1.82) is 0 Å². The van der Waals surface area contributed by atoms with E-state index in [1.54, 1.807) is 42.6 Å². The van der Waals surface area contributed by atoms with E-state index in [9.17, 15) is 13.2 Å². The van der Waals surface area contributed by atoms with Gasteiger partial charge >= 0.3 is 6.09 Å². The van der Waals surface area contributed by atoms with Crippen LogP contribution in [0.3, 0.4) is 0 Å². The third-order valence-corrected chi connectivity index (χ3v) is 9.54. The molecule has 6 rings (SSSR count). The number of hydrogen-bond donors (Lipinski definition) is 2. The van der Waals surface area contributed by atoms with Crippen molar-refractivity contribution in [2.75, 3.05) is 18.4 Å². The minimum Gasteiger partial charge on any atom is -0.410 e. The lowest BCUT2D eigenvalue weighted by atomic mass is 10.1. The fourth-order valence-corrected chi connectivity index (χ4v) is 7.20. The molecule has 4 heterocycles. The third-order valence-electron chi connectivity index (χ3n) is 6.65. The van der Waals surface area contributed by atoms with Gasteiger partial charge in [-0.2, -0.15) is 4.31 Å². The molecule has 3 N–H and O–H groups in total. The van der Waals surface area contributed by atoms with E-state index in [2.05, 4.69) is 10.3 Å². The van der Waals surface area contributed by atoms with Crippen LogP contribution in [0.5, 0.6) is 5.75 Å². The predicted octanol–water partition coefficient (Wildman–Crippen LogP) is 4.90. The van der Waals surface area contributed by atoms with Gasteiger partial charge in [-0.3, -0.25) is 4.40 Å². The smallest absolute Gasteiger partial charge is 0.409 e. The van der Waals surface area contributed by atoms with Crippen LogP contribution in [0.15, 0.2) is 77.3 Å². The van der Waals surface area contributed by atoms with Gasteiger partial charge in [-0.1, -0.05) is 23.7 Å². The number of nitrogens with one attached hydrogen (secondary N) is 1. The molecule has 3 aromatic heterocycles. The standard InChI is InChI=1S/C27H24ClN7O4S2/c28-18-6-8-21(9-7-18)41(37,38)34-12-2-4-19(16-34)31-26-30-11-10-22(32-26)24-23(33-27-35(24)13-14-40-27)17-3-1-5-20(15-17)39-25(29)36/h1,3,5-11,13-15,19H,2,4,12,16H2,(H2,29,36)(H,30,31,32)/t19-/m1/s1. The maximum absolute atomic E-state index is 13.2. The van der Waals surface area contributed by atoms with Gasteiger partial charge in [0.05, 0.1) is 16.3 Å². The van der Waals surface area contributed by atoms with Crippen LogP contribution in [0, 0.1) is 0 Å². The molecule has 1 amide bonds. The van der Waals surface area contributed by atoms with Gasteiger partial charge in [0.15, 0.2) is 4.96 Å². The van der Waals surface area contributed by atoms with Crippen molar-refractivity contribution in [2.45, 2.75) is 23.8 Å². The number of anilines is 1. The van der Waals surface area contributed by atoms with E-state index in [1.165, 1.54) is 27.8 Å². The van der Waals surface area contributed by atoms with Crippen LogP contribution >= 0.6 is 22.9 Å². The maximum Gasteiger partial charge on any atom is 0.409 e. The van der Waals surface area contributed by atoms with Gasteiger partial charge in [0.2, 0.25) is 16.0 Å². The Morgan fingerprint density at radius 3 is 2.78 bits per heavy atom.